The highest BCUT2D eigenvalue weighted by Crippen LogP contribution is 2.36. The zero-order chi connectivity index (χ0) is 21.7. The Morgan fingerprint density at radius 3 is 2.30 bits per heavy atom. The minimum absolute atomic E-state index is 0.0368. The van der Waals surface area contributed by atoms with E-state index in [1.807, 2.05) is 73.3 Å². The third-order valence-corrected chi connectivity index (χ3v) is 6.23. The van der Waals surface area contributed by atoms with Crippen LogP contribution in [0, 0.1) is 5.92 Å². The van der Waals surface area contributed by atoms with Gasteiger partial charge >= 0.3 is 0 Å². The number of thioether (sulfide) groups is 1. The van der Waals surface area contributed by atoms with Crippen LogP contribution < -0.4 is 5.56 Å². The molecule has 0 N–H and O–H groups in total. The molecule has 1 unspecified atom stereocenters. The van der Waals surface area contributed by atoms with Gasteiger partial charge in [-0.3, -0.25) is 14.2 Å². The van der Waals surface area contributed by atoms with Gasteiger partial charge in [0.05, 0.1) is 10.9 Å². The van der Waals surface area contributed by atoms with Crippen molar-refractivity contribution in [1.29, 1.82) is 0 Å². The number of hydrogen-bond donors (Lipinski definition) is 0. The van der Waals surface area contributed by atoms with Gasteiger partial charge in [0, 0.05) is 19.6 Å². The van der Waals surface area contributed by atoms with Gasteiger partial charge in [0.1, 0.15) is 5.25 Å². The zero-order valence-electron chi connectivity index (χ0n) is 18.0. The van der Waals surface area contributed by atoms with E-state index in [1.165, 1.54) is 11.8 Å². The molecule has 0 aliphatic heterocycles. The van der Waals surface area contributed by atoms with E-state index in [9.17, 15) is 9.59 Å². The number of para-hydroxylation sites is 1. The van der Waals surface area contributed by atoms with Crippen LogP contribution in [-0.2, 0) is 11.3 Å². The first-order valence-electron chi connectivity index (χ1n) is 10.5. The van der Waals surface area contributed by atoms with E-state index in [1.54, 1.807) is 4.57 Å². The summed E-state index contributed by atoms with van der Waals surface area (Å²) in [6.07, 6.45) is 0. The van der Waals surface area contributed by atoms with Crippen LogP contribution in [0.25, 0.3) is 10.9 Å². The minimum Gasteiger partial charge on any atom is -0.342 e. The number of likely N-dealkylation sites (N-methyl/N-ethyl adjacent to an activating group) is 1. The molecule has 0 saturated carbocycles. The lowest BCUT2D eigenvalue weighted by Crippen LogP contribution is -2.34. The molecule has 2 aromatic carbocycles. The Hall–Kier alpha value is -2.60. The number of rotatable bonds is 8. The lowest BCUT2D eigenvalue weighted by molar-refractivity contribution is -0.130. The standard InChI is InChI=1S/C24H29N3O2S/c1-5-26(6-2)23(29)21(18-12-8-7-9-13-18)30-24-25-20-15-11-10-14-19(20)22(28)27(24)16-17(3)4/h7-15,17,21H,5-6,16H2,1-4H3. The molecule has 3 rings (SSSR count). The molecule has 1 aromatic heterocycles. The molecule has 30 heavy (non-hydrogen) atoms. The third-order valence-electron chi connectivity index (χ3n) is 5.00. The SMILES string of the molecule is CCN(CC)C(=O)C(Sc1nc2ccccc2c(=O)n1CC(C)C)c1ccccc1. The lowest BCUT2D eigenvalue weighted by Gasteiger charge is -2.26. The van der Waals surface area contributed by atoms with Crippen molar-refractivity contribution in [2.45, 2.75) is 44.6 Å². The van der Waals surface area contributed by atoms with Crippen molar-refractivity contribution >= 4 is 28.6 Å². The molecule has 0 bridgehead atoms. The maximum Gasteiger partial charge on any atom is 0.262 e. The average molecular weight is 424 g/mol. The summed E-state index contributed by atoms with van der Waals surface area (Å²) in [5, 5.41) is 0.730. The van der Waals surface area contributed by atoms with Crippen LogP contribution in [0.2, 0.25) is 0 Å². The number of nitrogens with zero attached hydrogens (tertiary/aromatic N) is 3. The van der Waals surface area contributed by atoms with E-state index in [0.29, 0.717) is 35.7 Å². The van der Waals surface area contributed by atoms with Gasteiger partial charge in [0.25, 0.3) is 5.56 Å². The van der Waals surface area contributed by atoms with Gasteiger partial charge in [-0.05, 0) is 37.5 Å². The number of carbonyl (C=O) groups is 1. The molecule has 0 spiro atoms. The molecule has 1 heterocycles. The van der Waals surface area contributed by atoms with Crippen LogP contribution in [0.15, 0.2) is 64.5 Å². The van der Waals surface area contributed by atoms with Gasteiger partial charge < -0.3 is 4.90 Å². The molecule has 0 saturated heterocycles. The largest absolute Gasteiger partial charge is 0.342 e. The van der Waals surface area contributed by atoms with Crippen molar-refractivity contribution in [1.82, 2.24) is 14.5 Å². The number of fused-ring (bicyclic) bond motifs is 1. The summed E-state index contributed by atoms with van der Waals surface area (Å²) < 4.78 is 1.73. The Bertz CT molecular complexity index is 1060. The first kappa shape index (κ1) is 22.1. The monoisotopic (exact) mass is 423 g/mol. The van der Waals surface area contributed by atoms with E-state index in [4.69, 9.17) is 4.98 Å². The predicted molar refractivity (Wildman–Crippen MR) is 124 cm³/mol. The van der Waals surface area contributed by atoms with E-state index in [2.05, 4.69) is 13.8 Å². The second kappa shape index (κ2) is 9.94. The lowest BCUT2D eigenvalue weighted by atomic mass is 10.1. The zero-order valence-corrected chi connectivity index (χ0v) is 18.9. The summed E-state index contributed by atoms with van der Waals surface area (Å²) in [4.78, 5) is 33.2. The highest BCUT2D eigenvalue weighted by molar-refractivity contribution is 8.00. The van der Waals surface area contributed by atoms with Crippen molar-refractivity contribution < 1.29 is 4.79 Å². The van der Waals surface area contributed by atoms with Gasteiger partial charge in [0.15, 0.2) is 5.16 Å². The summed E-state index contributed by atoms with van der Waals surface area (Å²) in [5.74, 6) is 0.313. The molecular weight excluding hydrogens is 394 g/mol. The Morgan fingerprint density at radius 1 is 1.03 bits per heavy atom. The fourth-order valence-corrected chi connectivity index (χ4v) is 4.65. The van der Waals surface area contributed by atoms with Crippen LogP contribution in [0.3, 0.4) is 0 Å². The van der Waals surface area contributed by atoms with Crippen molar-refractivity contribution in [3.63, 3.8) is 0 Å². The van der Waals surface area contributed by atoms with Crippen molar-refractivity contribution in [2.24, 2.45) is 5.92 Å². The van der Waals surface area contributed by atoms with Gasteiger partial charge in [-0.1, -0.05) is 68.1 Å². The minimum atomic E-state index is -0.461. The van der Waals surface area contributed by atoms with Crippen LogP contribution in [-0.4, -0.2) is 33.4 Å². The molecule has 3 aromatic rings. The maximum atomic E-state index is 13.4. The fourth-order valence-electron chi connectivity index (χ4n) is 3.46. The Kier molecular flexibility index (Phi) is 7.32. The summed E-state index contributed by atoms with van der Waals surface area (Å²) in [7, 11) is 0. The predicted octanol–water partition coefficient (Wildman–Crippen LogP) is 4.75. The molecule has 1 amide bonds. The number of hydrogen-bond acceptors (Lipinski definition) is 4. The van der Waals surface area contributed by atoms with Gasteiger partial charge in [-0.15, -0.1) is 0 Å². The topological polar surface area (TPSA) is 55.2 Å². The van der Waals surface area contributed by atoms with E-state index in [0.717, 1.165) is 5.56 Å². The fraction of sp³-hybridized carbons (Fsp3) is 0.375. The first-order chi connectivity index (χ1) is 14.5. The first-order valence-corrected chi connectivity index (χ1v) is 11.3. The Balaban J connectivity index is 2.13. The molecule has 1 atom stereocenters. The van der Waals surface area contributed by atoms with Gasteiger partial charge in [-0.25, -0.2) is 4.98 Å². The van der Waals surface area contributed by atoms with Gasteiger partial charge in [-0.2, -0.15) is 0 Å². The number of benzene rings is 2. The van der Waals surface area contributed by atoms with Crippen molar-refractivity contribution in [2.75, 3.05) is 13.1 Å². The summed E-state index contributed by atoms with van der Waals surface area (Å²) in [6, 6.07) is 17.1. The highest BCUT2D eigenvalue weighted by atomic mass is 32.2. The highest BCUT2D eigenvalue weighted by Gasteiger charge is 2.28. The number of amides is 1. The molecule has 0 radical (unpaired) electrons. The van der Waals surface area contributed by atoms with E-state index < -0.39 is 5.25 Å². The summed E-state index contributed by atoms with van der Waals surface area (Å²) in [5.41, 5.74) is 1.52. The molecule has 0 aliphatic carbocycles. The quantitative estimate of drug-likeness (QED) is 0.387. The average Bonchev–Trinajstić information content (AvgIpc) is 2.75. The Morgan fingerprint density at radius 2 is 1.67 bits per heavy atom. The van der Waals surface area contributed by atoms with Gasteiger partial charge in [0.2, 0.25) is 5.91 Å². The Labute approximate surface area is 182 Å². The van der Waals surface area contributed by atoms with Crippen LogP contribution >= 0.6 is 11.8 Å². The molecule has 6 heteroatoms. The summed E-state index contributed by atoms with van der Waals surface area (Å²) >= 11 is 1.37. The number of carbonyl (C=O) groups excluding carboxylic acids is 1. The van der Waals surface area contributed by atoms with Crippen LogP contribution in [0.4, 0.5) is 0 Å². The van der Waals surface area contributed by atoms with Crippen LogP contribution in [0.1, 0.15) is 38.5 Å². The second-order valence-electron chi connectivity index (χ2n) is 7.64. The van der Waals surface area contributed by atoms with Crippen molar-refractivity contribution in [3.05, 3.63) is 70.5 Å². The smallest absolute Gasteiger partial charge is 0.262 e. The second-order valence-corrected chi connectivity index (χ2v) is 8.71. The maximum absolute atomic E-state index is 13.4. The summed E-state index contributed by atoms with van der Waals surface area (Å²) in [6.45, 7) is 9.96. The molecule has 0 fully saturated rings. The molecule has 0 aliphatic rings. The van der Waals surface area contributed by atoms with E-state index in [-0.39, 0.29) is 17.4 Å². The van der Waals surface area contributed by atoms with E-state index >= 15 is 0 Å². The van der Waals surface area contributed by atoms with Crippen molar-refractivity contribution in [3.8, 4) is 0 Å². The third kappa shape index (κ3) is 4.75. The normalized spacial score (nSPS) is 12.3. The van der Waals surface area contributed by atoms with Crippen LogP contribution in [0.5, 0.6) is 0 Å². The number of aromatic nitrogens is 2. The molecule has 158 valence electrons. The molecular formula is C24H29N3O2S. The molecule has 5 nitrogen and oxygen atoms in total.